The van der Waals surface area contributed by atoms with E-state index in [1.165, 1.54) is 0 Å². The molecule has 0 aromatic carbocycles. The second-order valence-electron chi connectivity index (χ2n) is 4.81. The van der Waals surface area contributed by atoms with Crippen LogP contribution in [0.15, 0.2) is 0 Å². The smallest absolute Gasteiger partial charge is 0.308 e. The number of esters is 1. The van der Waals surface area contributed by atoms with Crippen molar-refractivity contribution in [3.8, 4) is 0 Å². The van der Waals surface area contributed by atoms with Gasteiger partial charge in [0.25, 0.3) is 0 Å². The van der Waals surface area contributed by atoms with Crippen LogP contribution in [0.5, 0.6) is 0 Å². The first kappa shape index (κ1) is 14.4. The minimum Gasteiger partial charge on any atom is -0.460 e. The molecule has 15 heavy (non-hydrogen) atoms. The number of carbonyl (C=O) groups excluding carboxylic acids is 1. The third kappa shape index (κ3) is 9.73. The van der Waals surface area contributed by atoms with Crippen LogP contribution < -0.4 is 0 Å². The summed E-state index contributed by atoms with van der Waals surface area (Å²) in [5, 5.41) is 0. The maximum Gasteiger partial charge on any atom is 0.308 e. The van der Waals surface area contributed by atoms with Crippen molar-refractivity contribution in [3.05, 3.63) is 0 Å². The summed E-state index contributed by atoms with van der Waals surface area (Å²) in [4.78, 5) is 11.3. The van der Waals surface area contributed by atoms with Gasteiger partial charge in [0, 0.05) is 0 Å². The van der Waals surface area contributed by atoms with Crippen LogP contribution in [-0.2, 0) is 14.3 Å². The number of rotatable bonds is 6. The Kier molecular flexibility index (Phi) is 6.57. The van der Waals surface area contributed by atoms with Gasteiger partial charge in [-0.2, -0.15) is 0 Å². The molecule has 3 heteroatoms. The molecule has 0 aliphatic rings. The van der Waals surface area contributed by atoms with Gasteiger partial charge in [-0.15, -0.1) is 0 Å². The lowest BCUT2D eigenvalue weighted by Gasteiger charge is -2.19. The largest absolute Gasteiger partial charge is 0.460 e. The van der Waals surface area contributed by atoms with Crippen LogP contribution in [0.3, 0.4) is 0 Å². The van der Waals surface area contributed by atoms with Crippen molar-refractivity contribution in [1.29, 1.82) is 0 Å². The monoisotopic (exact) mass is 216 g/mol. The number of hydrogen-bond donors (Lipinski definition) is 0. The summed E-state index contributed by atoms with van der Waals surface area (Å²) in [6.07, 6.45) is 2.71. The number of carbonyl (C=O) groups is 1. The second kappa shape index (κ2) is 6.83. The molecule has 0 amide bonds. The summed E-state index contributed by atoms with van der Waals surface area (Å²) < 4.78 is 10.6. The van der Waals surface area contributed by atoms with Gasteiger partial charge in [-0.3, -0.25) is 4.79 Å². The summed E-state index contributed by atoms with van der Waals surface area (Å²) in [6.45, 7) is 10.2. The van der Waals surface area contributed by atoms with Crippen LogP contribution in [0.25, 0.3) is 0 Å². The highest BCUT2D eigenvalue weighted by atomic mass is 16.6. The summed E-state index contributed by atoms with van der Waals surface area (Å²) in [5.74, 6) is -0.189. The average Bonchev–Trinajstić information content (AvgIpc) is 2.00. The Hall–Kier alpha value is -0.570. The van der Waals surface area contributed by atoms with E-state index in [1.807, 2.05) is 27.7 Å². The van der Waals surface area contributed by atoms with Crippen LogP contribution >= 0.6 is 0 Å². The Balaban J connectivity index is 3.55. The number of ether oxygens (including phenoxy) is 2. The van der Waals surface area contributed by atoms with Gasteiger partial charge in [-0.25, -0.2) is 0 Å². The molecule has 90 valence electrons. The van der Waals surface area contributed by atoms with Gasteiger partial charge in [0.05, 0.1) is 19.1 Å². The molecule has 0 heterocycles. The van der Waals surface area contributed by atoms with Crippen molar-refractivity contribution in [2.45, 2.75) is 65.6 Å². The molecule has 0 aliphatic heterocycles. The quantitative estimate of drug-likeness (QED) is 0.640. The van der Waals surface area contributed by atoms with Gasteiger partial charge in [0.2, 0.25) is 0 Å². The van der Waals surface area contributed by atoms with E-state index in [4.69, 9.17) is 9.47 Å². The molecule has 3 nitrogen and oxygen atoms in total. The summed E-state index contributed by atoms with van der Waals surface area (Å²) in [7, 11) is 0. The van der Waals surface area contributed by atoms with E-state index < -0.39 is 5.60 Å². The topological polar surface area (TPSA) is 35.5 Å². The lowest BCUT2D eigenvalue weighted by Crippen LogP contribution is -2.25. The van der Waals surface area contributed by atoms with E-state index in [-0.39, 0.29) is 12.1 Å². The van der Waals surface area contributed by atoms with Crippen molar-refractivity contribution in [2.24, 2.45) is 0 Å². The SMILES string of the molecule is CCCC(C)OCCC(=O)OC(C)(C)C. The maximum absolute atomic E-state index is 11.3. The predicted octanol–water partition coefficient (Wildman–Crippen LogP) is 2.92. The van der Waals surface area contributed by atoms with E-state index in [0.29, 0.717) is 13.0 Å². The minimum absolute atomic E-state index is 0.189. The molecule has 0 saturated heterocycles. The van der Waals surface area contributed by atoms with Crippen molar-refractivity contribution < 1.29 is 14.3 Å². The third-order valence-corrected chi connectivity index (χ3v) is 1.82. The molecule has 0 spiro atoms. The highest BCUT2D eigenvalue weighted by molar-refractivity contribution is 5.69. The molecule has 0 fully saturated rings. The van der Waals surface area contributed by atoms with E-state index in [0.717, 1.165) is 12.8 Å². The van der Waals surface area contributed by atoms with E-state index in [1.54, 1.807) is 0 Å². The van der Waals surface area contributed by atoms with Crippen LogP contribution in [0.2, 0.25) is 0 Å². The van der Waals surface area contributed by atoms with Gasteiger partial charge in [0.1, 0.15) is 5.60 Å². The molecular weight excluding hydrogens is 192 g/mol. The summed E-state index contributed by atoms with van der Waals surface area (Å²) >= 11 is 0. The molecule has 0 bridgehead atoms. The minimum atomic E-state index is -0.397. The first-order valence-electron chi connectivity index (χ1n) is 5.68. The van der Waals surface area contributed by atoms with Crippen molar-refractivity contribution in [3.63, 3.8) is 0 Å². The van der Waals surface area contributed by atoms with Crippen LogP contribution in [-0.4, -0.2) is 24.3 Å². The fourth-order valence-corrected chi connectivity index (χ4v) is 1.23. The van der Waals surface area contributed by atoms with Gasteiger partial charge in [0.15, 0.2) is 0 Å². The molecule has 0 saturated carbocycles. The van der Waals surface area contributed by atoms with Crippen LogP contribution in [0.1, 0.15) is 53.9 Å². The van der Waals surface area contributed by atoms with Gasteiger partial charge in [-0.1, -0.05) is 13.3 Å². The molecule has 0 aliphatic carbocycles. The highest BCUT2D eigenvalue weighted by Gasteiger charge is 2.15. The Morgan fingerprint density at radius 2 is 1.93 bits per heavy atom. The lowest BCUT2D eigenvalue weighted by atomic mass is 10.2. The molecular formula is C12H24O3. The van der Waals surface area contributed by atoms with Gasteiger partial charge < -0.3 is 9.47 Å². The third-order valence-electron chi connectivity index (χ3n) is 1.82. The fourth-order valence-electron chi connectivity index (χ4n) is 1.23. The van der Waals surface area contributed by atoms with Crippen molar-refractivity contribution in [1.82, 2.24) is 0 Å². The molecule has 0 rings (SSSR count). The Morgan fingerprint density at radius 1 is 1.33 bits per heavy atom. The summed E-state index contributed by atoms with van der Waals surface area (Å²) in [5.41, 5.74) is -0.397. The van der Waals surface area contributed by atoms with Gasteiger partial charge >= 0.3 is 5.97 Å². The standard InChI is InChI=1S/C12H24O3/c1-6-7-10(2)14-9-8-11(13)15-12(3,4)5/h10H,6-9H2,1-5H3. The first-order valence-corrected chi connectivity index (χ1v) is 5.68. The van der Waals surface area contributed by atoms with Crippen molar-refractivity contribution in [2.75, 3.05) is 6.61 Å². The predicted molar refractivity (Wildman–Crippen MR) is 60.8 cm³/mol. The molecule has 1 unspecified atom stereocenters. The normalized spacial score (nSPS) is 13.7. The Bertz CT molecular complexity index is 182. The zero-order valence-electron chi connectivity index (χ0n) is 10.6. The van der Waals surface area contributed by atoms with E-state index >= 15 is 0 Å². The maximum atomic E-state index is 11.3. The van der Waals surface area contributed by atoms with E-state index in [2.05, 4.69) is 6.92 Å². The van der Waals surface area contributed by atoms with Crippen LogP contribution in [0, 0.1) is 0 Å². The summed E-state index contributed by atoms with van der Waals surface area (Å²) in [6, 6.07) is 0. The average molecular weight is 216 g/mol. The van der Waals surface area contributed by atoms with E-state index in [9.17, 15) is 4.79 Å². The zero-order valence-corrected chi connectivity index (χ0v) is 10.6. The van der Waals surface area contributed by atoms with Crippen molar-refractivity contribution >= 4 is 5.97 Å². The second-order valence-corrected chi connectivity index (χ2v) is 4.81. The number of hydrogen-bond acceptors (Lipinski definition) is 3. The zero-order chi connectivity index (χ0) is 11.9. The lowest BCUT2D eigenvalue weighted by molar-refractivity contribution is -0.156. The molecule has 0 radical (unpaired) electrons. The molecule has 1 atom stereocenters. The highest BCUT2D eigenvalue weighted by Crippen LogP contribution is 2.08. The Morgan fingerprint density at radius 3 is 2.40 bits per heavy atom. The Labute approximate surface area is 93.1 Å². The molecule has 0 aromatic heterocycles. The first-order chi connectivity index (χ1) is 6.85. The van der Waals surface area contributed by atoms with Crippen LogP contribution in [0.4, 0.5) is 0 Å². The fraction of sp³-hybridized carbons (Fsp3) is 0.917. The molecule has 0 aromatic rings. The molecule has 0 N–H and O–H groups in total. The van der Waals surface area contributed by atoms with Gasteiger partial charge in [-0.05, 0) is 34.1 Å².